The first-order valence-electron chi connectivity index (χ1n) is 7.87. The molecular weight excluding hydrogens is 334 g/mol. The summed E-state index contributed by atoms with van der Waals surface area (Å²) in [7, 11) is 4.73. The third-order valence-corrected chi connectivity index (χ3v) is 3.90. The van der Waals surface area contributed by atoms with Crippen molar-refractivity contribution in [1.82, 2.24) is 10.4 Å². The van der Waals surface area contributed by atoms with E-state index < -0.39 is 0 Å². The predicted molar refractivity (Wildman–Crippen MR) is 99.5 cm³/mol. The van der Waals surface area contributed by atoms with Crippen LogP contribution in [0.5, 0.6) is 17.2 Å². The van der Waals surface area contributed by atoms with Crippen LogP contribution in [0.3, 0.4) is 0 Å². The highest BCUT2D eigenvalue weighted by Gasteiger charge is 2.11. The average molecular weight is 353 g/mol. The number of fused-ring (bicyclic) bond motifs is 1. The predicted octanol–water partition coefficient (Wildman–Crippen LogP) is 2.96. The largest absolute Gasteiger partial charge is 0.497 e. The number of hydrogen-bond acceptors (Lipinski definition) is 5. The number of aromatic nitrogens is 1. The summed E-state index contributed by atoms with van der Waals surface area (Å²) in [5.41, 5.74) is 4.38. The Balaban J connectivity index is 1.78. The van der Waals surface area contributed by atoms with Crippen molar-refractivity contribution in [2.75, 3.05) is 21.3 Å². The molecule has 0 atom stereocenters. The summed E-state index contributed by atoms with van der Waals surface area (Å²) >= 11 is 0. The minimum atomic E-state index is -0.360. The van der Waals surface area contributed by atoms with E-state index in [0.717, 1.165) is 10.9 Å². The van der Waals surface area contributed by atoms with Gasteiger partial charge < -0.3 is 19.2 Å². The molecule has 26 heavy (non-hydrogen) atoms. The van der Waals surface area contributed by atoms with Gasteiger partial charge in [0.2, 0.25) is 0 Å². The fourth-order valence-corrected chi connectivity index (χ4v) is 2.59. The Bertz CT molecular complexity index is 963. The first-order valence-corrected chi connectivity index (χ1v) is 7.87. The second kappa shape index (κ2) is 7.60. The summed E-state index contributed by atoms with van der Waals surface area (Å²) in [6.07, 6.45) is 1.50. The zero-order valence-electron chi connectivity index (χ0n) is 14.7. The Morgan fingerprint density at radius 3 is 2.58 bits per heavy atom. The number of carbonyl (C=O) groups excluding carboxylic acids is 1. The molecule has 1 heterocycles. The van der Waals surface area contributed by atoms with Crippen LogP contribution in [0.4, 0.5) is 0 Å². The minimum absolute atomic E-state index is 0.360. The normalized spacial score (nSPS) is 10.9. The van der Waals surface area contributed by atoms with E-state index in [1.54, 1.807) is 45.6 Å². The third-order valence-electron chi connectivity index (χ3n) is 3.90. The number of aromatic amines is 1. The number of nitrogens with zero attached hydrogens (tertiary/aromatic N) is 1. The second-order valence-electron chi connectivity index (χ2n) is 5.41. The number of ether oxygens (including phenoxy) is 3. The molecule has 1 aromatic heterocycles. The maximum atomic E-state index is 12.3. The number of H-pyrrole nitrogens is 1. The molecule has 0 unspecified atom stereocenters. The van der Waals surface area contributed by atoms with Crippen LogP contribution < -0.4 is 19.6 Å². The fraction of sp³-hybridized carbons (Fsp3) is 0.158. The molecular formula is C19H19N3O4. The number of hydrazone groups is 1. The number of amides is 1. The van der Waals surface area contributed by atoms with Crippen molar-refractivity contribution < 1.29 is 19.0 Å². The first kappa shape index (κ1) is 17.3. The van der Waals surface area contributed by atoms with Crippen molar-refractivity contribution >= 4 is 23.0 Å². The van der Waals surface area contributed by atoms with Crippen LogP contribution in [0.1, 0.15) is 16.1 Å². The van der Waals surface area contributed by atoms with Crippen molar-refractivity contribution in [1.29, 1.82) is 0 Å². The van der Waals surface area contributed by atoms with E-state index in [2.05, 4.69) is 15.5 Å². The molecule has 2 aromatic carbocycles. The molecule has 0 aliphatic rings. The Morgan fingerprint density at radius 1 is 1.04 bits per heavy atom. The third kappa shape index (κ3) is 3.46. The van der Waals surface area contributed by atoms with Gasteiger partial charge >= 0.3 is 0 Å². The van der Waals surface area contributed by atoms with Crippen LogP contribution in [0.15, 0.2) is 47.6 Å². The molecule has 0 bridgehead atoms. The summed E-state index contributed by atoms with van der Waals surface area (Å²) < 4.78 is 15.8. The van der Waals surface area contributed by atoms with Crippen LogP contribution in [0.2, 0.25) is 0 Å². The molecule has 0 aliphatic heterocycles. The average Bonchev–Trinajstić information content (AvgIpc) is 3.12. The number of rotatable bonds is 6. The van der Waals surface area contributed by atoms with Crippen molar-refractivity contribution in [3.05, 3.63) is 53.7 Å². The van der Waals surface area contributed by atoms with Crippen LogP contribution in [0.25, 0.3) is 10.9 Å². The molecule has 134 valence electrons. The van der Waals surface area contributed by atoms with E-state index in [0.29, 0.717) is 28.5 Å². The van der Waals surface area contributed by atoms with Gasteiger partial charge in [-0.1, -0.05) is 6.07 Å². The standard InChI is InChI=1S/C19H19N3O4/c1-24-13-7-8-17(25-2)12(9-13)11-20-22-19(23)16-10-14-15(21-16)5-4-6-18(14)26-3/h4-11,21H,1-3H3,(H,22,23)/b20-11-. The molecule has 0 radical (unpaired) electrons. The molecule has 3 aromatic rings. The summed E-state index contributed by atoms with van der Waals surface area (Å²) in [6, 6.07) is 12.6. The van der Waals surface area contributed by atoms with Crippen molar-refractivity contribution in [2.45, 2.75) is 0 Å². The highest BCUT2D eigenvalue weighted by atomic mass is 16.5. The van der Waals surface area contributed by atoms with E-state index in [4.69, 9.17) is 14.2 Å². The SMILES string of the molecule is COc1ccc(OC)c(/C=N\NC(=O)c2cc3c(OC)cccc3[nH]2)c1. The Kier molecular flexibility index (Phi) is 5.07. The van der Waals surface area contributed by atoms with Crippen molar-refractivity contribution in [3.63, 3.8) is 0 Å². The van der Waals surface area contributed by atoms with Gasteiger partial charge in [-0.25, -0.2) is 5.43 Å². The Labute approximate surface area is 150 Å². The first-order chi connectivity index (χ1) is 12.7. The molecule has 2 N–H and O–H groups in total. The van der Waals surface area contributed by atoms with Crippen LogP contribution in [-0.2, 0) is 0 Å². The smallest absolute Gasteiger partial charge is 0.287 e. The second-order valence-corrected chi connectivity index (χ2v) is 5.41. The van der Waals surface area contributed by atoms with Gasteiger partial charge in [-0.2, -0.15) is 5.10 Å². The zero-order valence-corrected chi connectivity index (χ0v) is 14.7. The lowest BCUT2D eigenvalue weighted by atomic mass is 10.2. The molecule has 7 nitrogen and oxygen atoms in total. The van der Waals surface area contributed by atoms with Gasteiger partial charge in [0.25, 0.3) is 5.91 Å². The highest BCUT2D eigenvalue weighted by Crippen LogP contribution is 2.26. The lowest BCUT2D eigenvalue weighted by molar-refractivity contribution is 0.0951. The van der Waals surface area contributed by atoms with E-state index in [-0.39, 0.29) is 5.91 Å². The lowest BCUT2D eigenvalue weighted by Gasteiger charge is -2.06. The quantitative estimate of drug-likeness (QED) is 0.527. The topological polar surface area (TPSA) is 84.9 Å². The Morgan fingerprint density at radius 2 is 1.85 bits per heavy atom. The van der Waals surface area contributed by atoms with Gasteiger partial charge in [0, 0.05) is 16.5 Å². The molecule has 0 saturated carbocycles. The lowest BCUT2D eigenvalue weighted by Crippen LogP contribution is -2.17. The van der Waals surface area contributed by atoms with Crippen LogP contribution >= 0.6 is 0 Å². The van der Waals surface area contributed by atoms with Crippen molar-refractivity contribution in [2.24, 2.45) is 5.10 Å². The van der Waals surface area contributed by atoms with Crippen LogP contribution in [0, 0.1) is 0 Å². The number of benzene rings is 2. The maximum Gasteiger partial charge on any atom is 0.287 e. The number of carbonyl (C=O) groups is 1. The molecule has 1 amide bonds. The monoisotopic (exact) mass is 353 g/mol. The zero-order chi connectivity index (χ0) is 18.5. The van der Waals surface area contributed by atoms with Gasteiger partial charge in [0.05, 0.1) is 27.5 Å². The molecule has 0 spiro atoms. The van der Waals surface area contributed by atoms with Crippen LogP contribution in [-0.4, -0.2) is 38.4 Å². The van der Waals surface area contributed by atoms with Gasteiger partial charge in [0.1, 0.15) is 22.9 Å². The van der Waals surface area contributed by atoms with Gasteiger partial charge in [0.15, 0.2) is 0 Å². The number of hydrogen-bond donors (Lipinski definition) is 2. The summed E-state index contributed by atoms with van der Waals surface area (Å²) in [5.74, 6) is 1.63. The van der Waals surface area contributed by atoms with Crippen molar-refractivity contribution in [3.8, 4) is 17.2 Å². The highest BCUT2D eigenvalue weighted by molar-refractivity contribution is 6.00. The molecule has 0 fully saturated rings. The molecule has 0 aliphatic carbocycles. The molecule has 3 rings (SSSR count). The fourth-order valence-electron chi connectivity index (χ4n) is 2.59. The number of methoxy groups -OCH3 is 3. The van der Waals surface area contributed by atoms with E-state index in [9.17, 15) is 4.79 Å². The van der Waals surface area contributed by atoms with Gasteiger partial charge in [-0.05, 0) is 36.4 Å². The molecule has 7 heteroatoms. The Hall–Kier alpha value is -3.48. The van der Waals surface area contributed by atoms with E-state index in [1.807, 2.05) is 18.2 Å². The van der Waals surface area contributed by atoms with E-state index in [1.165, 1.54) is 6.21 Å². The van der Waals surface area contributed by atoms with E-state index >= 15 is 0 Å². The maximum absolute atomic E-state index is 12.3. The summed E-state index contributed by atoms with van der Waals surface area (Å²) in [4.78, 5) is 15.4. The summed E-state index contributed by atoms with van der Waals surface area (Å²) in [5, 5.41) is 4.84. The van der Waals surface area contributed by atoms with Gasteiger partial charge in [-0.3, -0.25) is 4.79 Å². The molecule has 0 saturated heterocycles. The number of nitrogens with one attached hydrogen (secondary N) is 2. The summed E-state index contributed by atoms with van der Waals surface area (Å²) in [6.45, 7) is 0. The minimum Gasteiger partial charge on any atom is -0.497 e. The van der Waals surface area contributed by atoms with Gasteiger partial charge in [-0.15, -0.1) is 0 Å².